The number of thiophene rings is 1. The van der Waals surface area contributed by atoms with Crippen LogP contribution in [-0.4, -0.2) is 26.2 Å². The van der Waals surface area contributed by atoms with Crippen LogP contribution in [0.15, 0.2) is 41.1 Å². The Morgan fingerprint density at radius 1 is 1.30 bits per heavy atom. The number of carbonyl (C=O) groups excluding carboxylic acids is 1. The van der Waals surface area contributed by atoms with Crippen LogP contribution < -0.4 is 10.1 Å². The quantitative estimate of drug-likeness (QED) is 0.795. The Labute approximate surface area is 122 Å². The molecule has 0 aliphatic carbocycles. The molecule has 5 heteroatoms. The second-order valence-electron chi connectivity index (χ2n) is 4.19. The molecule has 0 fully saturated rings. The molecule has 1 amide bonds. The van der Waals surface area contributed by atoms with Gasteiger partial charge < -0.3 is 14.8 Å². The van der Waals surface area contributed by atoms with Crippen LogP contribution >= 0.6 is 11.3 Å². The number of benzene rings is 1. The number of hydrogen-bond acceptors (Lipinski definition) is 4. The van der Waals surface area contributed by atoms with E-state index in [-0.39, 0.29) is 5.91 Å². The lowest BCUT2D eigenvalue weighted by Gasteiger charge is -2.08. The molecule has 0 unspecified atom stereocenters. The van der Waals surface area contributed by atoms with Crippen LogP contribution in [0.1, 0.15) is 16.8 Å². The van der Waals surface area contributed by atoms with Crippen molar-refractivity contribution in [3.05, 3.63) is 46.7 Å². The molecule has 0 aliphatic heterocycles. The Morgan fingerprint density at radius 3 is 2.95 bits per heavy atom. The van der Waals surface area contributed by atoms with Gasteiger partial charge in [-0.25, -0.2) is 0 Å². The third kappa shape index (κ3) is 4.36. The molecule has 1 N–H and O–H groups in total. The molecular weight excluding hydrogens is 274 g/mol. The first-order valence-corrected chi connectivity index (χ1v) is 7.29. The van der Waals surface area contributed by atoms with E-state index in [1.54, 1.807) is 30.6 Å². The monoisotopic (exact) mass is 291 g/mol. The molecule has 1 aromatic carbocycles. The summed E-state index contributed by atoms with van der Waals surface area (Å²) < 4.78 is 10.5. The smallest absolute Gasteiger partial charge is 0.255 e. The van der Waals surface area contributed by atoms with Crippen molar-refractivity contribution in [1.82, 2.24) is 0 Å². The highest BCUT2D eigenvalue weighted by atomic mass is 32.1. The maximum Gasteiger partial charge on any atom is 0.255 e. The van der Waals surface area contributed by atoms with Gasteiger partial charge in [-0.2, -0.15) is 11.3 Å². The predicted molar refractivity (Wildman–Crippen MR) is 80.7 cm³/mol. The van der Waals surface area contributed by atoms with E-state index >= 15 is 0 Å². The Balaban J connectivity index is 1.93. The van der Waals surface area contributed by atoms with Crippen molar-refractivity contribution in [2.45, 2.75) is 6.42 Å². The van der Waals surface area contributed by atoms with Crippen LogP contribution in [0.2, 0.25) is 0 Å². The fourth-order valence-electron chi connectivity index (χ4n) is 1.66. The van der Waals surface area contributed by atoms with E-state index in [0.29, 0.717) is 24.5 Å². The van der Waals surface area contributed by atoms with E-state index in [1.165, 1.54) is 0 Å². The zero-order valence-electron chi connectivity index (χ0n) is 11.3. The molecule has 0 saturated carbocycles. The first-order chi connectivity index (χ1) is 9.79. The first kappa shape index (κ1) is 14.6. The normalized spacial score (nSPS) is 10.2. The Bertz CT molecular complexity index is 540. The van der Waals surface area contributed by atoms with Crippen molar-refractivity contribution in [2.75, 3.05) is 25.6 Å². The van der Waals surface area contributed by atoms with Gasteiger partial charge in [0.05, 0.1) is 12.3 Å². The van der Waals surface area contributed by atoms with Crippen LogP contribution in [0.3, 0.4) is 0 Å². The third-order valence-corrected chi connectivity index (χ3v) is 3.32. The van der Waals surface area contributed by atoms with E-state index in [2.05, 4.69) is 5.32 Å². The summed E-state index contributed by atoms with van der Waals surface area (Å²) in [5, 5.41) is 6.65. The molecule has 0 atom stereocenters. The number of methoxy groups -OCH3 is 1. The van der Waals surface area contributed by atoms with Crippen LogP contribution in [0.25, 0.3) is 0 Å². The van der Waals surface area contributed by atoms with Gasteiger partial charge in [-0.1, -0.05) is 6.07 Å². The Morgan fingerprint density at radius 2 is 2.20 bits per heavy atom. The lowest BCUT2D eigenvalue weighted by molar-refractivity contribution is 0.102. The molecular formula is C15H17NO3S. The molecule has 106 valence electrons. The number of hydrogen-bond donors (Lipinski definition) is 1. The largest absolute Gasteiger partial charge is 0.493 e. The summed E-state index contributed by atoms with van der Waals surface area (Å²) in [5.41, 5.74) is 1.40. The van der Waals surface area contributed by atoms with Gasteiger partial charge in [0.15, 0.2) is 0 Å². The summed E-state index contributed by atoms with van der Waals surface area (Å²) in [6.07, 6.45) is 0.821. The molecule has 0 saturated heterocycles. The van der Waals surface area contributed by atoms with E-state index < -0.39 is 0 Å². The Hall–Kier alpha value is -1.85. The van der Waals surface area contributed by atoms with Gasteiger partial charge in [0.1, 0.15) is 5.75 Å². The number of carbonyl (C=O) groups is 1. The summed E-state index contributed by atoms with van der Waals surface area (Å²) in [7, 11) is 1.66. The van der Waals surface area contributed by atoms with Gasteiger partial charge in [-0.15, -0.1) is 0 Å². The van der Waals surface area contributed by atoms with Gasteiger partial charge in [-0.05, 0) is 29.6 Å². The predicted octanol–water partition coefficient (Wildman–Crippen LogP) is 3.42. The Kier molecular flexibility index (Phi) is 5.58. The lowest BCUT2D eigenvalue weighted by atomic mass is 10.2. The summed E-state index contributed by atoms with van der Waals surface area (Å²) in [6.45, 7) is 1.24. The van der Waals surface area contributed by atoms with Gasteiger partial charge >= 0.3 is 0 Å². The van der Waals surface area contributed by atoms with Crippen molar-refractivity contribution >= 4 is 22.9 Å². The van der Waals surface area contributed by atoms with Crippen LogP contribution in [0.5, 0.6) is 5.75 Å². The molecule has 2 rings (SSSR count). The maximum atomic E-state index is 12.1. The first-order valence-electron chi connectivity index (χ1n) is 6.35. The van der Waals surface area contributed by atoms with Crippen molar-refractivity contribution in [1.29, 1.82) is 0 Å². The van der Waals surface area contributed by atoms with Crippen molar-refractivity contribution in [3.63, 3.8) is 0 Å². The zero-order chi connectivity index (χ0) is 14.2. The highest BCUT2D eigenvalue weighted by Crippen LogP contribution is 2.17. The SMILES string of the molecule is COCCCOc1cccc(C(=O)Nc2ccsc2)c1. The van der Waals surface area contributed by atoms with Crippen LogP contribution in [-0.2, 0) is 4.74 Å². The molecule has 4 nitrogen and oxygen atoms in total. The minimum atomic E-state index is -0.134. The van der Waals surface area contributed by atoms with Gasteiger partial charge in [0, 0.05) is 31.1 Å². The van der Waals surface area contributed by atoms with Crippen molar-refractivity contribution < 1.29 is 14.3 Å². The second-order valence-corrected chi connectivity index (χ2v) is 4.97. The van der Waals surface area contributed by atoms with Gasteiger partial charge in [-0.3, -0.25) is 4.79 Å². The molecule has 2 aromatic rings. The standard InChI is InChI=1S/C15H17NO3S/c1-18-7-3-8-19-14-5-2-4-12(10-14)15(17)16-13-6-9-20-11-13/h2,4-6,9-11H,3,7-8H2,1H3,(H,16,17). The van der Waals surface area contributed by atoms with E-state index in [4.69, 9.17) is 9.47 Å². The third-order valence-electron chi connectivity index (χ3n) is 2.64. The topological polar surface area (TPSA) is 47.6 Å². The average molecular weight is 291 g/mol. The van der Waals surface area contributed by atoms with E-state index in [1.807, 2.05) is 29.0 Å². The minimum Gasteiger partial charge on any atom is -0.493 e. The van der Waals surface area contributed by atoms with Crippen molar-refractivity contribution in [3.8, 4) is 5.75 Å². The number of rotatable bonds is 7. The van der Waals surface area contributed by atoms with Gasteiger partial charge in [0.25, 0.3) is 5.91 Å². The fraction of sp³-hybridized carbons (Fsp3) is 0.267. The number of ether oxygens (including phenoxy) is 2. The molecule has 0 aliphatic rings. The van der Waals surface area contributed by atoms with Crippen LogP contribution in [0, 0.1) is 0 Å². The molecule has 1 heterocycles. The molecule has 0 radical (unpaired) electrons. The molecule has 0 spiro atoms. The number of anilines is 1. The highest BCUT2D eigenvalue weighted by Gasteiger charge is 2.07. The van der Waals surface area contributed by atoms with Crippen molar-refractivity contribution in [2.24, 2.45) is 0 Å². The number of amides is 1. The summed E-state index contributed by atoms with van der Waals surface area (Å²) in [6, 6.07) is 9.04. The highest BCUT2D eigenvalue weighted by molar-refractivity contribution is 7.08. The zero-order valence-corrected chi connectivity index (χ0v) is 12.1. The average Bonchev–Trinajstić information content (AvgIpc) is 2.97. The molecule has 1 aromatic heterocycles. The van der Waals surface area contributed by atoms with E-state index in [0.717, 1.165) is 12.1 Å². The molecule has 0 bridgehead atoms. The number of nitrogens with one attached hydrogen (secondary N) is 1. The second kappa shape index (κ2) is 7.67. The minimum absolute atomic E-state index is 0.134. The molecule has 20 heavy (non-hydrogen) atoms. The van der Waals surface area contributed by atoms with Gasteiger partial charge in [0.2, 0.25) is 0 Å². The summed E-state index contributed by atoms with van der Waals surface area (Å²) in [5.74, 6) is 0.560. The maximum absolute atomic E-state index is 12.1. The lowest BCUT2D eigenvalue weighted by Crippen LogP contribution is -2.11. The fourth-order valence-corrected chi connectivity index (χ4v) is 2.25. The van der Waals surface area contributed by atoms with E-state index in [9.17, 15) is 4.79 Å². The summed E-state index contributed by atoms with van der Waals surface area (Å²) >= 11 is 1.54. The summed E-state index contributed by atoms with van der Waals surface area (Å²) in [4.78, 5) is 12.1. The van der Waals surface area contributed by atoms with Crippen LogP contribution in [0.4, 0.5) is 5.69 Å².